The Kier molecular flexibility index (Phi) is 4.45. The average molecular weight is 278 g/mol. The summed E-state index contributed by atoms with van der Waals surface area (Å²) >= 11 is 0. The molecule has 0 saturated carbocycles. The molecule has 2 N–H and O–H groups in total. The maximum Gasteiger partial charge on any atom is 0.475 e. The first-order valence-electron chi connectivity index (χ1n) is 4.47. The van der Waals surface area contributed by atoms with Crippen LogP contribution in [0.1, 0.15) is 26.7 Å². The minimum Gasteiger partial charge on any atom is -1.00 e. The van der Waals surface area contributed by atoms with Crippen molar-refractivity contribution in [2.24, 2.45) is 5.41 Å². The van der Waals surface area contributed by atoms with Crippen LogP contribution in [-0.4, -0.2) is 10.9 Å². The summed E-state index contributed by atoms with van der Waals surface area (Å²) in [4.78, 5) is 11.6. The van der Waals surface area contributed by atoms with Gasteiger partial charge in [0, 0.05) is 12.3 Å². The summed E-state index contributed by atoms with van der Waals surface area (Å²) in [5, 5.41) is 3.97. The van der Waals surface area contributed by atoms with Gasteiger partial charge in [0.1, 0.15) is 0 Å². The topological polar surface area (TPSA) is 73.0 Å². The van der Waals surface area contributed by atoms with E-state index < -0.39 is 0 Å². The zero-order chi connectivity index (χ0) is 10.9. The molecule has 0 aromatic carbocycles. The number of aromatic nitrogens is 2. The van der Waals surface area contributed by atoms with Crippen molar-refractivity contribution in [3.8, 4) is 0 Å². The predicted molar refractivity (Wildman–Crippen MR) is 50.3 cm³/mol. The molecule has 1 aromatic rings. The van der Waals surface area contributed by atoms with Crippen LogP contribution in [-0.2, 0) is 11.3 Å². The fraction of sp³-hybridized carbons (Fsp3) is 0.667. The molecule has 0 unspecified atom stereocenters. The minimum absolute atomic E-state index is 0. The number of nitrogens with two attached hydrogens (primary N) is 1. The van der Waals surface area contributed by atoms with E-state index in [4.69, 9.17) is 10.2 Å². The van der Waals surface area contributed by atoms with Crippen molar-refractivity contribution in [3.05, 3.63) is 5.89 Å². The second-order valence-electron chi connectivity index (χ2n) is 4.29. The number of hydrogen-bond acceptors (Lipinski definition) is 4. The molecule has 0 aliphatic carbocycles. The zero-order valence-electron chi connectivity index (χ0n) is 9.37. The number of ketones is 1. The van der Waals surface area contributed by atoms with Crippen molar-refractivity contribution < 1.29 is 30.9 Å². The number of nitrogens with zero attached hydrogens (tertiary/aromatic N) is 2. The van der Waals surface area contributed by atoms with E-state index in [2.05, 4.69) is 5.10 Å². The number of aryl methyl sites for hydroxylation is 1. The molecule has 1 aromatic heterocycles. The third-order valence-electron chi connectivity index (χ3n) is 1.90. The van der Waals surface area contributed by atoms with Gasteiger partial charge in [0.25, 0.3) is 0 Å². The Morgan fingerprint density at radius 3 is 2.40 bits per heavy atom. The highest BCUT2D eigenvalue weighted by molar-refractivity contribution is 5.82. The summed E-state index contributed by atoms with van der Waals surface area (Å²) in [6.45, 7) is 7.43. The predicted octanol–water partition coefficient (Wildman–Crippen LogP) is -2.53. The van der Waals surface area contributed by atoms with E-state index in [-0.39, 0.29) is 40.7 Å². The van der Waals surface area contributed by atoms with E-state index in [0.717, 1.165) is 0 Å². The third kappa shape index (κ3) is 3.62. The molecule has 0 bridgehead atoms. The number of hydrogen-bond donors (Lipinski definition) is 1. The summed E-state index contributed by atoms with van der Waals surface area (Å²) < 4.78 is 6.38. The molecule has 0 saturated heterocycles. The molecule has 0 fully saturated rings. The molecule has 86 valence electrons. The van der Waals surface area contributed by atoms with E-state index in [1.807, 2.05) is 20.8 Å². The van der Waals surface area contributed by atoms with Crippen LogP contribution in [0.5, 0.6) is 0 Å². The Hall–Kier alpha value is -0.910. The zero-order valence-corrected chi connectivity index (χ0v) is 11.0. The summed E-state index contributed by atoms with van der Waals surface area (Å²) in [6, 6.07) is 0.167. The van der Waals surface area contributed by atoms with Crippen molar-refractivity contribution in [1.29, 1.82) is 0 Å². The fourth-order valence-corrected chi connectivity index (χ4v) is 0.930. The second-order valence-corrected chi connectivity index (χ2v) is 4.29. The van der Waals surface area contributed by atoms with Crippen LogP contribution in [0.15, 0.2) is 4.42 Å². The first-order valence-corrected chi connectivity index (χ1v) is 4.47. The van der Waals surface area contributed by atoms with Gasteiger partial charge in [-0.3, -0.25) is 10.5 Å². The van der Waals surface area contributed by atoms with Crippen molar-refractivity contribution in [3.63, 3.8) is 0 Å². The molecule has 5 nitrogen and oxygen atoms in total. The molecular weight excluding hydrogens is 262 g/mol. The molecule has 0 radical (unpaired) electrons. The van der Waals surface area contributed by atoms with E-state index >= 15 is 0 Å². The number of anilines is 1. The first-order chi connectivity index (χ1) is 6.30. The van der Waals surface area contributed by atoms with Gasteiger partial charge in [-0.15, -0.1) is 0 Å². The lowest BCUT2D eigenvalue weighted by Crippen LogP contribution is -3.00. The van der Waals surface area contributed by atoms with Crippen LogP contribution in [0.2, 0.25) is 0 Å². The highest BCUT2D eigenvalue weighted by atomic mass is 79.9. The van der Waals surface area contributed by atoms with E-state index in [1.165, 1.54) is 4.68 Å². The number of carbonyl (C=O) groups is 1. The fourth-order valence-electron chi connectivity index (χ4n) is 0.930. The number of halogens is 1. The van der Waals surface area contributed by atoms with Crippen LogP contribution < -0.4 is 27.4 Å². The summed E-state index contributed by atoms with van der Waals surface area (Å²) in [6.07, 6.45) is 0. The lowest BCUT2D eigenvalue weighted by molar-refractivity contribution is -0.728. The monoisotopic (exact) mass is 277 g/mol. The molecule has 0 aliphatic rings. The molecule has 6 heteroatoms. The molecule has 0 amide bonds. The number of rotatable bonds is 2. The second kappa shape index (κ2) is 4.74. The Morgan fingerprint density at radius 2 is 2.07 bits per heavy atom. The Balaban J connectivity index is 0.00000196. The maximum atomic E-state index is 11.6. The molecule has 0 aliphatic heterocycles. The molecule has 1 heterocycles. The Labute approximate surface area is 99.4 Å². The largest absolute Gasteiger partial charge is 1.00 e. The number of nitrogen functional groups attached to an aromatic ring is 1. The molecule has 1 rings (SSSR count). The number of Topliss-reactive ketones (excluding diaryl/α,β-unsaturated/α-hetero) is 1. The van der Waals surface area contributed by atoms with Gasteiger partial charge >= 0.3 is 6.01 Å². The molecule has 0 spiro atoms. The van der Waals surface area contributed by atoms with Gasteiger partial charge in [0.05, 0.1) is 0 Å². The molecule has 15 heavy (non-hydrogen) atoms. The third-order valence-corrected chi connectivity index (χ3v) is 1.90. The molecular formula is C9H16BrN3O2. The lowest BCUT2D eigenvalue weighted by Gasteiger charge is -2.13. The van der Waals surface area contributed by atoms with Crippen molar-refractivity contribution in [2.45, 2.75) is 34.2 Å². The smallest absolute Gasteiger partial charge is 0.475 e. The van der Waals surface area contributed by atoms with E-state index in [9.17, 15) is 4.79 Å². The van der Waals surface area contributed by atoms with Gasteiger partial charge in [-0.05, 0) is 5.10 Å². The standard InChI is InChI=1S/C9H15N3O2.BrH/c1-6-11-12(8(10)14-6)5-7(13)9(2,3)4;/h10H,5H2,1-4H3;1H. The van der Waals surface area contributed by atoms with E-state index in [1.54, 1.807) is 6.92 Å². The lowest BCUT2D eigenvalue weighted by atomic mass is 9.91. The van der Waals surface area contributed by atoms with Crippen LogP contribution in [0.25, 0.3) is 0 Å². The first kappa shape index (κ1) is 14.1. The van der Waals surface area contributed by atoms with Gasteiger partial charge in [-0.25, -0.2) is 0 Å². The average Bonchev–Trinajstić information content (AvgIpc) is 2.28. The molecule has 0 atom stereocenters. The van der Waals surface area contributed by atoms with Gasteiger partial charge in [0.15, 0.2) is 12.3 Å². The summed E-state index contributed by atoms with van der Waals surface area (Å²) in [5.74, 6) is 0.534. The van der Waals surface area contributed by atoms with Gasteiger partial charge in [-0.1, -0.05) is 25.5 Å². The van der Waals surface area contributed by atoms with E-state index in [0.29, 0.717) is 5.89 Å². The van der Waals surface area contributed by atoms with Crippen LogP contribution in [0, 0.1) is 12.3 Å². The van der Waals surface area contributed by atoms with Gasteiger partial charge in [-0.2, -0.15) is 0 Å². The quantitative estimate of drug-likeness (QED) is 0.606. The highest BCUT2D eigenvalue weighted by Crippen LogP contribution is 2.14. The van der Waals surface area contributed by atoms with Crippen LogP contribution in [0.3, 0.4) is 0 Å². The van der Waals surface area contributed by atoms with Crippen molar-refractivity contribution in [2.75, 3.05) is 5.73 Å². The number of carbonyl (C=O) groups excluding carboxylic acids is 1. The normalized spacial score (nSPS) is 10.9. The van der Waals surface area contributed by atoms with Crippen LogP contribution >= 0.6 is 0 Å². The SMILES string of the molecule is Cc1n[n+](CC(=O)C(C)(C)C)c(N)o1.[Br-]. The summed E-state index contributed by atoms with van der Waals surface area (Å²) in [7, 11) is 0. The Morgan fingerprint density at radius 1 is 1.53 bits per heavy atom. The maximum absolute atomic E-state index is 11.6. The van der Waals surface area contributed by atoms with Crippen LogP contribution in [0.4, 0.5) is 6.01 Å². The van der Waals surface area contributed by atoms with Crippen molar-refractivity contribution >= 4 is 11.8 Å². The minimum atomic E-state index is -0.383. The summed E-state index contributed by atoms with van der Waals surface area (Å²) in [5.41, 5.74) is 5.13. The Bertz CT molecular complexity index is 355. The van der Waals surface area contributed by atoms with Crippen molar-refractivity contribution in [1.82, 2.24) is 5.10 Å². The van der Waals surface area contributed by atoms with Gasteiger partial charge in [0.2, 0.25) is 5.89 Å². The van der Waals surface area contributed by atoms with Gasteiger partial charge < -0.3 is 21.4 Å². The highest BCUT2D eigenvalue weighted by Gasteiger charge is 2.26.